The number of thioether (sulfide) groups is 2. The van der Waals surface area contributed by atoms with Crippen molar-refractivity contribution in [3.8, 4) is 0 Å². The molecule has 0 N–H and O–H groups in total. The largest absolute Gasteiger partial charge is 0.360 e. The normalized spacial score (nSPS) is 12.1. The molecule has 0 aliphatic heterocycles. The predicted octanol–water partition coefficient (Wildman–Crippen LogP) is 5.08. The topological polar surface area (TPSA) is 26.0 Å². The monoisotopic (exact) mass is 287 g/mol. The van der Waals surface area contributed by atoms with Crippen LogP contribution in [0, 0.1) is 0 Å². The Kier molecular flexibility index (Phi) is 6.64. The van der Waals surface area contributed by atoms with Crippen LogP contribution in [0.1, 0.15) is 64.5 Å². The van der Waals surface area contributed by atoms with Crippen molar-refractivity contribution < 1.29 is 4.52 Å². The molecule has 18 heavy (non-hydrogen) atoms. The van der Waals surface area contributed by atoms with E-state index in [2.05, 4.69) is 46.7 Å². The first-order valence-electron chi connectivity index (χ1n) is 6.62. The Morgan fingerprint density at radius 2 is 1.50 bits per heavy atom. The van der Waals surface area contributed by atoms with Gasteiger partial charge in [0.05, 0.1) is 11.4 Å². The SMILES string of the molecule is CC(C)SCc1onc(C(C)C)c1CSC(C)C. The predicted molar refractivity (Wildman–Crippen MR) is 83.5 cm³/mol. The first-order chi connectivity index (χ1) is 8.41. The summed E-state index contributed by atoms with van der Waals surface area (Å²) in [6.07, 6.45) is 0. The highest BCUT2D eigenvalue weighted by Crippen LogP contribution is 2.30. The molecule has 0 saturated heterocycles. The quantitative estimate of drug-likeness (QED) is 0.698. The molecule has 0 aliphatic rings. The van der Waals surface area contributed by atoms with E-state index in [-0.39, 0.29) is 0 Å². The van der Waals surface area contributed by atoms with E-state index >= 15 is 0 Å². The average molecular weight is 287 g/mol. The zero-order valence-electron chi connectivity index (χ0n) is 12.3. The van der Waals surface area contributed by atoms with Crippen LogP contribution in [0.4, 0.5) is 0 Å². The number of nitrogens with zero attached hydrogens (tertiary/aromatic N) is 1. The minimum atomic E-state index is 0.439. The Morgan fingerprint density at radius 3 is 2.00 bits per heavy atom. The van der Waals surface area contributed by atoms with Crippen LogP contribution in [0.15, 0.2) is 4.52 Å². The minimum absolute atomic E-state index is 0.439. The number of hydrogen-bond acceptors (Lipinski definition) is 4. The van der Waals surface area contributed by atoms with Crippen molar-refractivity contribution in [1.82, 2.24) is 5.16 Å². The standard InChI is InChI=1S/C14H25NOS2/c1-9(2)14-12(7-17-10(3)4)13(16-15-14)8-18-11(5)6/h9-11H,7-8H2,1-6H3. The van der Waals surface area contributed by atoms with Crippen molar-refractivity contribution in [3.05, 3.63) is 17.0 Å². The molecule has 1 rings (SSSR count). The summed E-state index contributed by atoms with van der Waals surface area (Å²) in [6.45, 7) is 13.3. The molecular formula is C14H25NOS2. The van der Waals surface area contributed by atoms with E-state index in [9.17, 15) is 0 Å². The van der Waals surface area contributed by atoms with Crippen molar-refractivity contribution in [1.29, 1.82) is 0 Å². The van der Waals surface area contributed by atoms with Crippen LogP contribution in [0.25, 0.3) is 0 Å². The second-order valence-electron chi connectivity index (χ2n) is 5.34. The van der Waals surface area contributed by atoms with Gasteiger partial charge in [-0.3, -0.25) is 0 Å². The number of rotatable bonds is 7. The Morgan fingerprint density at radius 1 is 0.944 bits per heavy atom. The molecule has 2 nitrogen and oxygen atoms in total. The van der Waals surface area contributed by atoms with Gasteiger partial charge in [-0.2, -0.15) is 23.5 Å². The van der Waals surface area contributed by atoms with Crippen LogP contribution in [0.5, 0.6) is 0 Å². The number of aromatic nitrogens is 1. The van der Waals surface area contributed by atoms with Gasteiger partial charge >= 0.3 is 0 Å². The lowest BCUT2D eigenvalue weighted by Gasteiger charge is -2.09. The van der Waals surface area contributed by atoms with Crippen molar-refractivity contribution in [2.45, 2.75) is 69.5 Å². The van der Waals surface area contributed by atoms with Crippen LogP contribution in [0.2, 0.25) is 0 Å². The molecule has 1 aromatic rings. The van der Waals surface area contributed by atoms with Gasteiger partial charge in [-0.05, 0) is 16.4 Å². The van der Waals surface area contributed by atoms with Crippen molar-refractivity contribution in [2.75, 3.05) is 0 Å². The summed E-state index contributed by atoms with van der Waals surface area (Å²) in [5.41, 5.74) is 2.47. The van der Waals surface area contributed by atoms with Crippen LogP contribution >= 0.6 is 23.5 Å². The molecule has 0 atom stereocenters. The fourth-order valence-corrected chi connectivity index (χ4v) is 3.09. The second kappa shape index (κ2) is 7.49. The van der Waals surface area contributed by atoms with Crippen LogP contribution in [-0.2, 0) is 11.5 Å². The van der Waals surface area contributed by atoms with E-state index in [0.717, 1.165) is 23.0 Å². The molecule has 0 saturated carbocycles. The minimum Gasteiger partial charge on any atom is -0.360 e. The van der Waals surface area contributed by atoms with E-state index in [1.165, 1.54) is 5.56 Å². The second-order valence-corrected chi connectivity index (χ2v) is 8.47. The highest BCUT2D eigenvalue weighted by Gasteiger charge is 2.19. The van der Waals surface area contributed by atoms with E-state index < -0.39 is 0 Å². The maximum atomic E-state index is 5.56. The fourth-order valence-electron chi connectivity index (χ4n) is 1.57. The summed E-state index contributed by atoms with van der Waals surface area (Å²) < 4.78 is 5.56. The van der Waals surface area contributed by atoms with Gasteiger partial charge in [0.1, 0.15) is 0 Å². The Balaban J connectivity index is 2.81. The first-order valence-corrected chi connectivity index (χ1v) is 8.72. The van der Waals surface area contributed by atoms with E-state index in [1.54, 1.807) is 0 Å². The lowest BCUT2D eigenvalue weighted by Crippen LogP contribution is -1.98. The van der Waals surface area contributed by atoms with Crippen LogP contribution in [-0.4, -0.2) is 15.7 Å². The van der Waals surface area contributed by atoms with E-state index in [1.807, 2.05) is 23.5 Å². The molecule has 0 unspecified atom stereocenters. The molecule has 0 fully saturated rings. The van der Waals surface area contributed by atoms with Gasteiger partial charge in [-0.25, -0.2) is 0 Å². The zero-order chi connectivity index (χ0) is 13.7. The summed E-state index contributed by atoms with van der Waals surface area (Å²) >= 11 is 3.87. The van der Waals surface area contributed by atoms with Gasteiger partial charge in [-0.15, -0.1) is 0 Å². The first kappa shape index (κ1) is 16.0. The summed E-state index contributed by atoms with van der Waals surface area (Å²) in [4.78, 5) is 0. The Hall–Kier alpha value is -0.0900. The highest BCUT2D eigenvalue weighted by molar-refractivity contribution is 7.99. The average Bonchev–Trinajstić information content (AvgIpc) is 2.66. The molecular weight excluding hydrogens is 262 g/mol. The molecule has 0 radical (unpaired) electrons. The van der Waals surface area contributed by atoms with Gasteiger partial charge < -0.3 is 4.52 Å². The fraction of sp³-hybridized carbons (Fsp3) is 0.786. The molecule has 104 valence electrons. The van der Waals surface area contributed by atoms with Crippen molar-refractivity contribution in [3.63, 3.8) is 0 Å². The maximum absolute atomic E-state index is 5.56. The van der Waals surface area contributed by atoms with E-state index in [0.29, 0.717) is 16.4 Å². The highest BCUT2D eigenvalue weighted by atomic mass is 32.2. The zero-order valence-corrected chi connectivity index (χ0v) is 14.0. The van der Waals surface area contributed by atoms with E-state index in [4.69, 9.17) is 4.52 Å². The van der Waals surface area contributed by atoms with Gasteiger partial charge in [0.25, 0.3) is 0 Å². The lowest BCUT2D eigenvalue weighted by atomic mass is 10.1. The Bertz CT molecular complexity index is 359. The smallest absolute Gasteiger partial charge is 0.150 e. The third-order valence-electron chi connectivity index (χ3n) is 2.56. The van der Waals surface area contributed by atoms with Crippen LogP contribution in [0.3, 0.4) is 0 Å². The summed E-state index contributed by atoms with van der Waals surface area (Å²) in [5, 5.41) is 5.54. The lowest BCUT2D eigenvalue weighted by molar-refractivity contribution is 0.385. The van der Waals surface area contributed by atoms with Crippen LogP contribution < -0.4 is 0 Å². The third-order valence-corrected chi connectivity index (χ3v) is 4.77. The summed E-state index contributed by atoms with van der Waals surface area (Å²) in [5.74, 6) is 3.47. The molecule has 0 aliphatic carbocycles. The Labute approximate surface area is 120 Å². The molecule has 0 spiro atoms. The van der Waals surface area contributed by atoms with Crippen molar-refractivity contribution >= 4 is 23.5 Å². The van der Waals surface area contributed by atoms with Crippen molar-refractivity contribution in [2.24, 2.45) is 0 Å². The summed E-state index contributed by atoms with van der Waals surface area (Å²) in [7, 11) is 0. The molecule has 1 aromatic heterocycles. The third kappa shape index (κ3) is 4.88. The van der Waals surface area contributed by atoms with Gasteiger partial charge in [0.2, 0.25) is 0 Å². The molecule has 4 heteroatoms. The van der Waals surface area contributed by atoms with Gasteiger partial charge in [-0.1, -0.05) is 46.7 Å². The molecule has 0 amide bonds. The number of hydrogen-bond donors (Lipinski definition) is 0. The molecule has 0 bridgehead atoms. The maximum Gasteiger partial charge on any atom is 0.150 e. The molecule has 0 aromatic carbocycles. The van der Waals surface area contributed by atoms with Gasteiger partial charge in [0.15, 0.2) is 5.76 Å². The molecule has 1 heterocycles. The van der Waals surface area contributed by atoms with Gasteiger partial charge in [0, 0.05) is 11.3 Å². The summed E-state index contributed by atoms with van der Waals surface area (Å²) in [6, 6.07) is 0.